The van der Waals surface area contributed by atoms with E-state index in [1.54, 1.807) is 7.11 Å². The topological polar surface area (TPSA) is 65.5 Å². The Balaban J connectivity index is 2.62. The van der Waals surface area contributed by atoms with Gasteiger partial charge >= 0.3 is 0 Å². The summed E-state index contributed by atoms with van der Waals surface area (Å²) in [5.41, 5.74) is 0. The zero-order valence-corrected chi connectivity index (χ0v) is 10.3. The summed E-state index contributed by atoms with van der Waals surface area (Å²) >= 11 is 0. The molecule has 16 heavy (non-hydrogen) atoms. The summed E-state index contributed by atoms with van der Waals surface area (Å²) in [7, 11) is 3.01. The highest BCUT2D eigenvalue weighted by atomic mass is 35.7. The third-order valence-corrected chi connectivity index (χ3v) is 3.05. The van der Waals surface area contributed by atoms with Crippen molar-refractivity contribution in [3.63, 3.8) is 0 Å². The first-order valence-electron chi connectivity index (χ1n) is 4.55. The highest BCUT2D eigenvalue weighted by molar-refractivity contribution is 8.13. The highest BCUT2D eigenvalue weighted by Crippen LogP contribution is 2.18. The van der Waals surface area contributed by atoms with E-state index < -0.39 is 9.05 Å². The number of aromatic nitrogens is 1. The first-order chi connectivity index (χ1) is 7.54. The van der Waals surface area contributed by atoms with Crippen LogP contribution in [0.2, 0.25) is 0 Å². The molecule has 0 spiro atoms. The molecule has 0 amide bonds. The molecule has 0 N–H and O–H groups in total. The van der Waals surface area contributed by atoms with Gasteiger partial charge in [-0.2, -0.15) is 0 Å². The average molecular weight is 266 g/mol. The molecule has 0 atom stereocenters. The number of nitrogens with zero attached hydrogens (tertiary/aromatic N) is 1. The summed E-state index contributed by atoms with van der Waals surface area (Å²) < 4.78 is 32.1. The van der Waals surface area contributed by atoms with Gasteiger partial charge in [0.15, 0.2) is 0 Å². The van der Waals surface area contributed by atoms with Crippen molar-refractivity contribution < 1.29 is 17.9 Å². The van der Waals surface area contributed by atoms with Crippen molar-refractivity contribution in [3.05, 3.63) is 18.5 Å². The quantitative estimate of drug-likeness (QED) is 0.575. The van der Waals surface area contributed by atoms with Gasteiger partial charge in [-0.05, 0) is 0 Å². The number of methoxy groups -OCH3 is 1. The van der Waals surface area contributed by atoms with Crippen LogP contribution < -0.4 is 4.74 Å². The molecule has 0 aliphatic rings. The summed E-state index contributed by atoms with van der Waals surface area (Å²) in [5.74, 6) is 0.373. The van der Waals surface area contributed by atoms with E-state index in [4.69, 9.17) is 20.2 Å². The van der Waals surface area contributed by atoms with Gasteiger partial charge in [0.05, 0.1) is 12.8 Å². The summed E-state index contributed by atoms with van der Waals surface area (Å²) in [4.78, 5) is 3.66. The van der Waals surface area contributed by atoms with Crippen LogP contribution in [-0.4, -0.2) is 33.7 Å². The fraction of sp³-hybridized carbons (Fsp3) is 0.444. The predicted octanol–water partition coefficient (Wildman–Crippen LogP) is 1.42. The molecule has 0 bridgehead atoms. The molecule has 7 heteroatoms. The van der Waals surface area contributed by atoms with Crippen LogP contribution >= 0.6 is 10.7 Å². The van der Waals surface area contributed by atoms with E-state index in [-0.39, 0.29) is 4.90 Å². The Morgan fingerprint density at radius 3 is 2.75 bits per heavy atom. The maximum absolute atomic E-state index is 11.0. The van der Waals surface area contributed by atoms with E-state index in [0.717, 1.165) is 0 Å². The fourth-order valence-electron chi connectivity index (χ4n) is 1.00. The van der Waals surface area contributed by atoms with Crippen LogP contribution in [0.25, 0.3) is 0 Å². The van der Waals surface area contributed by atoms with Crippen molar-refractivity contribution in [2.75, 3.05) is 20.3 Å². The predicted molar refractivity (Wildman–Crippen MR) is 59.3 cm³/mol. The van der Waals surface area contributed by atoms with Crippen LogP contribution in [0.5, 0.6) is 5.75 Å². The molecule has 1 aromatic rings. The van der Waals surface area contributed by atoms with Gasteiger partial charge in [0.2, 0.25) is 0 Å². The van der Waals surface area contributed by atoms with Crippen molar-refractivity contribution in [3.8, 4) is 5.75 Å². The van der Waals surface area contributed by atoms with E-state index in [9.17, 15) is 8.42 Å². The van der Waals surface area contributed by atoms with Gasteiger partial charge in [-0.25, -0.2) is 8.42 Å². The minimum atomic E-state index is -3.76. The second kappa shape index (κ2) is 6.03. The lowest BCUT2D eigenvalue weighted by Crippen LogP contribution is -2.02. The van der Waals surface area contributed by atoms with Crippen molar-refractivity contribution in [1.82, 2.24) is 4.98 Å². The lowest BCUT2D eigenvalue weighted by Gasteiger charge is -2.05. The van der Waals surface area contributed by atoms with Crippen molar-refractivity contribution >= 4 is 19.7 Å². The summed E-state index contributed by atoms with van der Waals surface area (Å²) in [6.07, 6.45) is 3.32. The second-order valence-electron chi connectivity index (χ2n) is 2.99. The van der Waals surface area contributed by atoms with Crippen molar-refractivity contribution in [1.29, 1.82) is 0 Å². The Hall–Kier alpha value is -0.850. The fourth-order valence-corrected chi connectivity index (χ4v) is 1.70. The second-order valence-corrected chi connectivity index (χ2v) is 5.55. The van der Waals surface area contributed by atoms with E-state index in [0.29, 0.717) is 25.4 Å². The van der Waals surface area contributed by atoms with Crippen LogP contribution in [0.3, 0.4) is 0 Å². The lowest BCUT2D eigenvalue weighted by molar-refractivity contribution is 0.172. The molecule has 0 saturated carbocycles. The van der Waals surface area contributed by atoms with Gasteiger partial charge in [-0.1, -0.05) is 0 Å². The van der Waals surface area contributed by atoms with Gasteiger partial charge in [-0.3, -0.25) is 4.98 Å². The first kappa shape index (κ1) is 13.2. The molecule has 0 unspecified atom stereocenters. The highest BCUT2D eigenvalue weighted by Gasteiger charge is 2.11. The van der Waals surface area contributed by atoms with E-state index in [1.165, 1.54) is 18.5 Å². The standard InChI is InChI=1S/C9H12ClNO4S/c1-14-3-2-4-15-8-5-9(7-11-6-8)16(10,12)13/h5-7H,2-4H2,1H3. The van der Waals surface area contributed by atoms with E-state index in [2.05, 4.69) is 4.98 Å². The molecule has 1 rings (SSSR count). The van der Waals surface area contributed by atoms with Crippen molar-refractivity contribution in [2.45, 2.75) is 11.3 Å². The molecule has 1 aromatic heterocycles. The molecular weight excluding hydrogens is 254 g/mol. The van der Waals surface area contributed by atoms with Gasteiger partial charge in [-0.15, -0.1) is 0 Å². The Bertz CT molecular complexity index is 435. The zero-order chi connectivity index (χ0) is 12.0. The SMILES string of the molecule is COCCCOc1cncc(S(=O)(=O)Cl)c1. The molecule has 90 valence electrons. The maximum Gasteiger partial charge on any atom is 0.262 e. The number of pyridine rings is 1. The maximum atomic E-state index is 11.0. The minimum Gasteiger partial charge on any atom is -0.492 e. The molecule has 5 nitrogen and oxygen atoms in total. The van der Waals surface area contributed by atoms with Gasteiger partial charge in [0, 0.05) is 43.1 Å². The van der Waals surface area contributed by atoms with Crippen LogP contribution in [0, 0.1) is 0 Å². The van der Waals surface area contributed by atoms with Gasteiger partial charge in [0.1, 0.15) is 10.6 Å². The number of halogens is 1. The zero-order valence-electron chi connectivity index (χ0n) is 8.72. The number of ether oxygens (including phenoxy) is 2. The van der Waals surface area contributed by atoms with Crippen molar-refractivity contribution in [2.24, 2.45) is 0 Å². The Morgan fingerprint density at radius 2 is 2.12 bits per heavy atom. The van der Waals surface area contributed by atoms with E-state index in [1.807, 2.05) is 0 Å². The Labute approximate surface area is 98.8 Å². The lowest BCUT2D eigenvalue weighted by atomic mass is 10.4. The van der Waals surface area contributed by atoms with Crippen LogP contribution in [-0.2, 0) is 13.8 Å². The third kappa shape index (κ3) is 4.34. The molecule has 1 heterocycles. The normalized spacial score (nSPS) is 11.4. The van der Waals surface area contributed by atoms with E-state index >= 15 is 0 Å². The average Bonchev–Trinajstić information content (AvgIpc) is 2.24. The first-order valence-corrected chi connectivity index (χ1v) is 6.86. The number of hydrogen-bond acceptors (Lipinski definition) is 5. The largest absolute Gasteiger partial charge is 0.492 e. The summed E-state index contributed by atoms with van der Waals surface area (Å²) in [5, 5.41) is 0. The third-order valence-electron chi connectivity index (χ3n) is 1.73. The molecule has 0 radical (unpaired) electrons. The van der Waals surface area contributed by atoms with Gasteiger partial charge in [0.25, 0.3) is 9.05 Å². The van der Waals surface area contributed by atoms with Crippen LogP contribution in [0.15, 0.2) is 23.4 Å². The minimum absolute atomic E-state index is 0.0709. The smallest absolute Gasteiger partial charge is 0.262 e. The number of hydrogen-bond donors (Lipinski definition) is 0. The molecular formula is C9H12ClNO4S. The molecule has 0 fully saturated rings. The summed E-state index contributed by atoms with van der Waals surface area (Å²) in [6, 6.07) is 1.34. The monoisotopic (exact) mass is 265 g/mol. The Morgan fingerprint density at radius 1 is 1.38 bits per heavy atom. The van der Waals surface area contributed by atoms with Crippen LogP contribution in [0.1, 0.15) is 6.42 Å². The van der Waals surface area contributed by atoms with Gasteiger partial charge < -0.3 is 9.47 Å². The molecule has 0 aliphatic heterocycles. The van der Waals surface area contributed by atoms with Crippen LogP contribution in [0.4, 0.5) is 0 Å². The number of rotatable bonds is 6. The molecule has 0 saturated heterocycles. The summed E-state index contributed by atoms with van der Waals surface area (Å²) in [6.45, 7) is 1.02. The molecule has 0 aromatic carbocycles. The molecule has 0 aliphatic carbocycles. The Kier molecular flexibility index (Phi) is 4.98.